The molecule has 0 aromatic heterocycles. The highest BCUT2D eigenvalue weighted by Gasteiger charge is 2.39. The molecule has 1 aromatic rings. The number of rotatable bonds is 3. The van der Waals surface area contributed by atoms with E-state index in [1.165, 1.54) is 7.11 Å². The molecule has 18 heavy (non-hydrogen) atoms. The first-order valence-corrected chi connectivity index (χ1v) is 5.70. The summed E-state index contributed by atoms with van der Waals surface area (Å²) in [5, 5.41) is 9.62. The van der Waals surface area contributed by atoms with Gasteiger partial charge < -0.3 is 19.5 Å². The van der Waals surface area contributed by atoms with E-state index in [2.05, 4.69) is 0 Å². The standard InChI is InChI=1S/C13H17NO4/c1-13(16)7-14(8-13)12(15)9-4-5-10(17-2)11(6-9)18-3/h4-6,16H,7-8H2,1-3H3. The average Bonchev–Trinajstić information content (AvgIpc) is 2.34. The molecule has 0 spiro atoms. The van der Waals surface area contributed by atoms with E-state index in [1.807, 2.05) is 0 Å². The second-order valence-electron chi connectivity index (χ2n) is 4.73. The van der Waals surface area contributed by atoms with Crippen molar-refractivity contribution in [3.63, 3.8) is 0 Å². The Hall–Kier alpha value is -1.75. The molecule has 0 atom stereocenters. The van der Waals surface area contributed by atoms with Crippen LogP contribution in [0.2, 0.25) is 0 Å². The zero-order valence-electron chi connectivity index (χ0n) is 10.8. The van der Waals surface area contributed by atoms with Crippen molar-refractivity contribution in [1.82, 2.24) is 4.90 Å². The SMILES string of the molecule is COc1ccc(C(=O)N2CC(C)(O)C2)cc1OC. The third kappa shape index (κ3) is 2.26. The Morgan fingerprint density at radius 1 is 1.28 bits per heavy atom. The Bertz CT molecular complexity index is 462. The van der Waals surface area contributed by atoms with Gasteiger partial charge in [0.25, 0.3) is 5.91 Å². The van der Waals surface area contributed by atoms with Crippen molar-refractivity contribution in [2.24, 2.45) is 0 Å². The highest BCUT2D eigenvalue weighted by atomic mass is 16.5. The van der Waals surface area contributed by atoms with Crippen molar-refractivity contribution < 1.29 is 19.4 Å². The van der Waals surface area contributed by atoms with Crippen LogP contribution in [0.15, 0.2) is 18.2 Å². The molecule has 5 heteroatoms. The predicted octanol–water partition coefficient (Wildman–Crippen LogP) is 0.911. The minimum atomic E-state index is -0.758. The van der Waals surface area contributed by atoms with Crippen molar-refractivity contribution in [1.29, 1.82) is 0 Å². The van der Waals surface area contributed by atoms with Gasteiger partial charge in [0, 0.05) is 5.56 Å². The van der Waals surface area contributed by atoms with Gasteiger partial charge in [0.15, 0.2) is 11.5 Å². The number of nitrogens with zero attached hydrogens (tertiary/aromatic N) is 1. The van der Waals surface area contributed by atoms with E-state index in [-0.39, 0.29) is 5.91 Å². The van der Waals surface area contributed by atoms with Crippen molar-refractivity contribution >= 4 is 5.91 Å². The van der Waals surface area contributed by atoms with E-state index in [9.17, 15) is 9.90 Å². The summed E-state index contributed by atoms with van der Waals surface area (Å²) in [6, 6.07) is 5.04. The molecule has 2 rings (SSSR count). The number of benzene rings is 1. The lowest BCUT2D eigenvalue weighted by molar-refractivity contribution is -0.0668. The Balaban J connectivity index is 2.16. The highest BCUT2D eigenvalue weighted by molar-refractivity contribution is 5.95. The van der Waals surface area contributed by atoms with E-state index in [4.69, 9.17) is 9.47 Å². The molecule has 5 nitrogen and oxygen atoms in total. The fraction of sp³-hybridized carbons (Fsp3) is 0.462. The summed E-state index contributed by atoms with van der Waals surface area (Å²) in [5.41, 5.74) is -0.227. The first kappa shape index (κ1) is 12.7. The van der Waals surface area contributed by atoms with Crippen LogP contribution in [0.1, 0.15) is 17.3 Å². The number of amides is 1. The summed E-state index contributed by atoms with van der Waals surface area (Å²) in [7, 11) is 3.08. The molecule has 1 aliphatic rings. The number of likely N-dealkylation sites (tertiary alicyclic amines) is 1. The average molecular weight is 251 g/mol. The summed E-state index contributed by atoms with van der Waals surface area (Å²) in [4.78, 5) is 13.7. The number of methoxy groups -OCH3 is 2. The smallest absolute Gasteiger partial charge is 0.254 e. The molecule has 1 N–H and O–H groups in total. The summed E-state index contributed by atoms with van der Waals surface area (Å²) >= 11 is 0. The van der Waals surface area contributed by atoms with E-state index in [0.29, 0.717) is 30.2 Å². The van der Waals surface area contributed by atoms with Gasteiger partial charge >= 0.3 is 0 Å². The maximum Gasteiger partial charge on any atom is 0.254 e. The largest absolute Gasteiger partial charge is 0.493 e. The first-order chi connectivity index (χ1) is 8.46. The normalized spacial score (nSPS) is 17.0. The molecule has 1 fully saturated rings. The van der Waals surface area contributed by atoms with Gasteiger partial charge in [-0.15, -0.1) is 0 Å². The second kappa shape index (κ2) is 4.49. The number of carbonyl (C=O) groups excluding carboxylic acids is 1. The fourth-order valence-corrected chi connectivity index (χ4v) is 2.07. The molecule has 0 radical (unpaired) electrons. The Morgan fingerprint density at radius 3 is 2.39 bits per heavy atom. The Kier molecular flexibility index (Phi) is 3.17. The molecule has 1 aromatic carbocycles. The van der Waals surface area contributed by atoms with Crippen molar-refractivity contribution in [3.8, 4) is 11.5 Å². The van der Waals surface area contributed by atoms with Gasteiger partial charge in [-0.3, -0.25) is 4.79 Å². The van der Waals surface area contributed by atoms with Crippen molar-refractivity contribution in [2.45, 2.75) is 12.5 Å². The topological polar surface area (TPSA) is 59.0 Å². The second-order valence-corrected chi connectivity index (χ2v) is 4.73. The lowest BCUT2D eigenvalue weighted by atomic mass is 9.96. The summed E-state index contributed by atoms with van der Waals surface area (Å²) in [6.45, 7) is 2.44. The molecule has 0 saturated carbocycles. The maximum atomic E-state index is 12.1. The Labute approximate surface area is 106 Å². The summed E-state index contributed by atoms with van der Waals surface area (Å²) in [6.07, 6.45) is 0. The predicted molar refractivity (Wildman–Crippen MR) is 66.1 cm³/mol. The summed E-state index contributed by atoms with van der Waals surface area (Å²) in [5.74, 6) is 1.00. The molecule has 1 amide bonds. The van der Waals surface area contributed by atoms with Gasteiger partial charge in [0.1, 0.15) is 0 Å². The molecule has 0 aliphatic carbocycles. The zero-order valence-corrected chi connectivity index (χ0v) is 10.8. The number of β-amino-alcohol motifs (C(OH)–C–C–N with tert-alkyl or cyclic N) is 1. The van der Waals surface area contributed by atoms with Crippen LogP contribution in [0.4, 0.5) is 0 Å². The third-order valence-electron chi connectivity index (χ3n) is 2.98. The van der Waals surface area contributed by atoms with Crippen molar-refractivity contribution in [2.75, 3.05) is 27.3 Å². The summed E-state index contributed by atoms with van der Waals surface area (Å²) < 4.78 is 10.3. The van der Waals surface area contributed by atoms with Crippen LogP contribution >= 0.6 is 0 Å². The van der Waals surface area contributed by atoms with Gasteiger partial charge in [-0.2, -0.15) is 0 Å². The van der Waals surface area contributed by atoms with Crippen LogP contribution < -0.4 is 9.47 Å². The molecular weight excluding hydrogens is 234 g/mol. The molecular formula is C13H17NO4. The van der Waals surface area contributed by atoms with Gasteiger partial charge in [0.05, 0.1) is 32.9 Å². The number of hydrogen-bond acceptors (Lipinski definition) is 4. The molecule has 1 heterocycles. The fourth-order valence-electron chi connectivity index (χ4n) is 2.07. The maximum absolute atomic E-state index is 12.1. The molecule has 1 saturated heterocycles. The van der Waals surface area contributed by atoms with Gasteiger partial charge in [-0.05, 0) is 25.1 Å². The Morgan fingerprint density at radius 2 is 1.89 bits per heavy atom. The molecule has 0 unspecified atom stereocenters. The number of hydrogen-bond donors (Lipinski definition) is 1. The zero-order chi connectivity index (χ0) is 13.3. The van der Waals surface area contributed by atoms with Gasteiger partial charge in [0.2, 0.25) is 0 Å². The van der Waals surface area contributed by atoms with E-state index >= 15 is 0 Å². The number of aliphatic hydroxyl groups is 1. The lowest BCUT2D eigenvalue weighted by Crippen LogP contribution is -2.61. The number of ether oxygens (including phenoxy) is 2. The van der Waals surface area contributed by atoms with Crippen LogP contribution in [0.3, 0.4) is 0 Å². The van der Waals surface area contributed by atoms with E-state index in [0.717, 1.165) is 0 Å². The first-order valence-electron chi connectivity index (χ1n) is 5.70. The van der Waals surface area contributed by atoms with Crippen LogP contribution in [0, 0.1) is 0 Å². The van der Waals surface area contributed by atoms with E-state index < -0.39 is 5.60 Å². The van der Waals surface area contributed by atoms with Crippen LogP contribution in [-0.2, 0) is 0 Å². The van der Waals surface area contributed by atoms with Crippen LogP contribution in [-0.4, -0.2) is 48.8 Å². The lowest BCUT2D eigenvalue weighted by Gasteiger charge is -2.44. The third-order valence-corrected chi connectivity index (χ3v) is 2.98. The van der Waals surface area contributed by atoms with Crippen molar-refractivity contribution in [3.05, 3.63) is 23.8 Å². The monoisotopic (exact) mass is 251 g/mol. The molecule has 98 valence electrons. The van der Waals surface area contributed by atoms with Gasteiger partial charge in [-0.25, -0.2) is 0 Å². The highest BCUT2D eigenvalue weighted by Crippen LogP contribution is 2.29. The minimum absolute atomic E-state index is 0.109. The minimum Gasteiger partial charge on any atom is -0.493 e. The van der Waals surface area contributed by atoms with Crippen LogP contribution in [0.25, 0.3) is 0 Å². The van der Waals surface area contributed by atoms with E-state index in [1.54, 1.807) is 37.1 Å². The number of carbonyl (C=O) groups is 1. The van der Waals surface area contributed by atoms with Crippen LogP contribution in [0.5, 0.6) is 11.5 Å². The molecule has 1 aliphatic heterocycles. The van der Waals surface area contributed by atoms with Gasteiger partial charge in [-0.1, -0.05) is 0 Å². The molecule has 0 bridgehead atoms. The quantitative estimate of drug-likeness (QED) is 0.867.